The molecule has 0 radical (unpaired) electrons. The molecule has 0 bridgehead atoms. The quantitative estimate of drug-likeness (QED) is 0.507. The van der Waals surface area contributed by atoms with Crippen LogP contribution in [0.4, 0.5) is 5.69 Å². The van der Waals surface area contributed by atoms with E-state index in [0.29, 0.717) is 17.2 Å². The Morgan fingerprint density at radius 1 is 1.12 bits per heavy atom. The lowest BCUT2D eigenvalue weighted by Crippen LogP contribution is -2.15. The summed E-state index contributed by atoms with van der Waals surface area (Å²) in [6.45, 7) is 3.92. The highest BCUT2D eigenvalue weighted by Crippen LogP contribution is 2.22. The van der Waals surface area contributed by atoms with Crippen molar-refractivity contribution >= 4 is 17.9 Å². The summed E-state index contributed by atoms with van der Waals surface area (Å²) in [5.41, 5.74) is 3.34. The maximum Gasteiger partial charge on any atom is 0.213 e. The number of ketones is 1. The minimum Gasteiger partial charge on any atom is -0.318 e. The minimum atomic E-state index is -0.0648. The third-order valence-corrected chi connectivity index (χ3v) is 4.21. The zero-order valence-electron chi connectivity index (χ0n) is 15.0. The first-order valence-corrected chi connectivity index (χ1v) is 8.28. The molecular formula is C20H20N4O2. The highest BCUT2D eigenvalue weighted by atomic mass is 16.1. The second-order valence-electron chi connectivity index (χ2n) is 6.14. The van der Waals surface area contributed by atoms with Crippen LogP contribution in [0.3, 0.4) is 0 Å². The van der Waals surface area contributed by atoms with Crippen LogP contribution >= 0.6 is 0 Å². The number of nitrogens with zero attached hydrogens (tertiary/aromatic N) is 4. The third kappa shape index (κ3) is 3.54. The summed E-state index contributed by atoms with van der Waals surface area (Å²) < 4.78 is 1.64. The highest BCUT2D eigenvalue weighted by Gasteiger charge is 2.15. The number of carbonyl (C=O) groups is 2. The summed E-state index contributed by atoms with van der Waals surface area (Å²) in [7, 11) is 1.66. The van der Waals surface area contributed by atoms with Gasteiger partial charge in [-0.15, -0.1) is 0 Å². The van der Waals surface area contributed by atoms with E-state index in [1.165, 1.54) is 4.90 Å². The Morgan fingerprint density at radius 2 is 1.81 bits per heavy atom. The first-order valence-electron chi connectivity index (χ1n) is 8.28. The molecule has 3 rings (SSSR count). The monoisotopic (exact) mass is 348 g/mol. The molecule has 0 saturated carbocycles. The Bertz CT molecular complexity index is 945. The van der Waals surface area contributed by atoms with Crippen molar-refractivity contribution in [3.63, 3.8) is 0 Å². The van der Waals surface area contributed by atoms with Crippen LogP contribution in [0.1, 0.15) is 21.7 Å². The van der Waals surface area contributed by atoms with E-state index in [-0.39, 0.29) is 12.3 Å². The number of anilines is 1. The summed E-state index contributed by atoms with van der Waals surface area (Å²) in [5, 5.41) is 4.38. The molecule has 0 unspecified atom stereocenters. The van der Waals surface area contributed by atoms with E-state index in [4.69, 9.17) is 0 Å². The average molecular weight is 348 g/mol. The Labute approximate surface area is 152 Å². The number of aromatic nitrogens is 3. The smallest absolute Gasteiger partial charge is 0.213 e. The Kier molecular flexibility index (Phi) is 4.93. The summed E-state index contributed by atoms with van der Waals surface area (Å²) in [4.78, 5) is 29.4. The fraction of sp³-hybridized carbons (Fsp3) is 0.200. The average Bonchev–Trinajstić information content (AvgIpc) is 3.01. The topological polar surface area (TPSA) is 68.1 Å². The largest absolute Gasteiger partial charge is 0.318 e. The minimum absolute atomic E-state index is 0.0648. The number of amides is 1. The maximum atomic E-state index is 12.7. The van der Waals surface area contributed by atoms with Crippen molar-refractivity contribution < 1.29 is 9.59 Å². The molecule has 0 fully saturated rings. The van der Waals surface area contributed by atoms with Gasteiger partial charge in [0.05, 0.1) is 0 Å². The van der Waals surface area contributed by atoms with Gasteiger partial charge in [0, 0.05) is 23.9 Å². The predicted molar refractivity (Wildman–Crippen MR) is 100 cm³/mol. The van der Waals surface area contributed by atoms with Crippen molar-refractivity contribution in [2.75, 3.05) is 11.9 Å². The van der Waals surface area contributed by atoms with Crippen molar-refractivity contribution in [2.45, 2.75) is 20.4 Å². The molecule has 1 amide bonds. The van der Waals surface area contributed by atoms with Gasteiger partial charge in [0.2, 0.25) is 6.41 Å². The van der Waals surface area contributed by atoms with Crippen molar-refractivity contribution in [3.8, 4) is 11.4 Å². The van der Waals surface area contributed by atoms with E-state index < -0.39 is 0 Å². The van der Waals surface area contributed by atoms with E-state index >= 15 is 0 Å². The van der Waals surface area contributed by atoms with Crippen LogP contribution in [-0.2, 0) is 11.3 Å². The lowest BCUT2D eigenvalue weighted by Gasteiger charge is -2.11. The molecule has 26 heavy (non-hydrogen) atoms. The standard InChI is InChI=1S/C20H20N4O2/c1-14-6-4-5-7-18(14)20-21-15(2)22-24(20)12-19(26)16-8-10-17(11-9-16)23(3)13-25/h4-11,13H,12H2,1-3H3. The lowest BCUT2D eigenvalue weighted by molar-refractivity contribution is -0.107. The Hall–Kier alpha value is -3.28. The van der Waals surface area contributed by atoms with Crippen LogP contribution in [0.2, 0.25) is 0 Å². The normalized spacial score (nSPS) is 10.6. The molecule has 0 atom stereocenters. The molecule has 1 aromatic heterocycles. The van der Waals surface area contributed by atoms with E-state index in [2.05, 4.69) is 10.1 Å². The van der Waals surface area contributed by atoms with Crippen LogP contribution in [-0.4, -0.2) is 34.0 Å². The van der Waals surface area contributed by atoms with E-state index in [0.717, 1.165) is 23.2 Å². The SMILES string of the molecule is Cc1nc(-c2ccccc2C)n(CC(=O)c2ccc(N(C)C=O)cc2)n1. The second-order valence-corrected chi connectivity index (χ2v) is 6.14. The molecule has 0 saturated heterocycles. The number of Topliss-reactive ketones (excluding diaryl/α,β-unsaturated/α-hetero) is 1. The van der Waals surface area contributed by atoms with Gasteiger partial charge in [-0.25, -0.2) is 9.67 Å². The van der Waals surface area contributed by atoms with Gasteiger partial charge in [-0.3, -0.25) is 9.59 Å². The van der Waals surface area contributed by atoms with Gasteiger partial charge >= 0.3 is 0 Å². The second kappa shape index (κ2) is 7.31. The molecule has 6 heteroatoms. The third-order valence-electron chi connectivity index (χ3n) is 4.21. The van der Waals surface area contributed by atoms with Gasteiger partial charge in [0.1, 0.15) is 12.4 Å². The van der Waals surface area contributed by atoms with Crippen molar-refractivity contribution in [3.05, 3.63) is 65.5 Å². The van der Waals surface area contributed by atoms with Crippen LogP contribution in [0.25, 0.3) is 11.4 Å². The highest BCUT2D eigenvalue weighted by molar-refractivity contribution is 5.96. The summed E-state index contributed by atoms with van der Waals surface area (Å²) >= 11 is 0. The molecule has 0 aliphatic rings. The van der Waals surface area contributed by atoms with Crippen LogP contribution in [0.5, 0.6) is 0 Å². The lowest BCUT2D eigenvalue weighted by atomic mass is 10.1. The molecule has 6 nitrogen and oxygen atoms in total. The van der Waals surface area contributed by atoms with Crippen LogP contribution in [0.15, 0.2) is 48.5 Å². The molecule has 2 aromatic carbocycles. The van der Waals surface area contributed by atoms with E-state index in [1.54, 1.807) is 36.0 Å². The molecule has 0 aliphatic carbocycles. The zero-order chi connectivity index (χ0) is 18.7. The van der Waals surface area contributed by atoms with E-state index in [1.807, 2.05) is 38.1 Å². The van der Waals surface area contributed by atoms with Gasteiger partial charge in [-0.1, -0.05) is 24.3 Å². The number of rotatable bonds is 6. The summed E-state index contributed by atoms with van der Waals surface area (Å²) in [6.07, 6.45) is 0.726. The fourth-order valence-corrected chi connectivity index (χ4v) is 2.76. The van der Waals surface area contributed by atoms with Crippen LogP contribution < -0.4 is 4.90 Å². The number of benzene rings is 2. The van der Waals surface area contributed by atoms with Crippen LogP contribution in [0, 0.1) is 13.8 Å². The summed E-state index contributed by atoms with van der Waals surface area (Å²) in [5.74, 6) is 1.25. The number of aryl methyl sites for hydroxylation is 2. The van der Waals surface area contributed by atoms with Crippen molar-refractivity contribution in [1.29, 1.82) is 0 Å². The first-order chi connectivity index (χ1) is 12.5. The first kappa shape index (κ1) is 17.5. The van der Waals surface area contributed by atoms with Gasteiger partial charge in [0.15, 0.2) is 11.6 Å². The molecule has 3 aromatic rings. The van der Waals surface area contributed by atoms with Gasteiger partial charge in [-0.2, -0.15) is 5.10 Å². The van der Waals surface area contributed by atoms with Gasteiger partial charge in [-0.05, 0) is 43.7 Å². The zero-order valence-corrected chi connectivity index (χ0v) is 15.0. The predicted octanol–water partition coefficient (Wildman–Crippen LogP) is 3.04. The molecule has 0 aliphatic heterocycles. The van der Waals surface area contributed by atoms with Crippen molar-refractivity contribution in [2.24, 2.45) is 0 Å². The van der Waals surface area contributed by atoms with Crippen molar-refractivity contribution in [1.82, 2.24) is 14.8 Å². The number of hydrogen-bond donors (Lipinski definition) is 0. The Balaban J connectivity index is 1.86. The van der Waals surface area contributed by atoms with Gasteiger partial charge in [0.25, 0.3) is 0 Å². The number of hydrogen-bond acceptors (Lipinski definition) is 4. The maximum absolute atomic E-state index is 12.7. The Morgan fingerprint density at radius 3 is 2.46 bits per heavy atom. The fourth-order valence-electron chi connectivity index (χ4n) is 2.76. The van der Waals surface area contributed by atoms with E-state index in [9.17, 15) is 9.59 Å². The molecular weight excluding hydrogens is 328 g/mol. The van der Waals surface area contributed by atoms with Gasteiger partial charge < -0.3 is 4.90 Å². The molecule has 0 spiro atoms. The summed E-state index contributed by atoms with van der Waals surface area (Å²) in [6, 6.07) is 14.8. The molecule has 132 valence electrons. The number of carbonyl (C=O) groups excluding carboxylic acids is 2. The molecule has 1 heterocycles. The molecule has 0 N–H and O–H groups in total.